The Morgan fingerprint density at radius 2 is 2.29 bits per heavy atom. The molecule has 76 valence electrons. The van der Waals surface area contributed by atoms with Crippen molar-refractivity contribution in [2.45, 2.75) is 6.92 Å². The molecular formula is C10H10Cl2FN. The van der Waals surface area contributed by atoms with E-state index in [1.165, 1.54) is 11.6 Å². The molecule has 14 heavy (non-hydrogen) atoms. The third kappa shape index (κ3) is 3.20. The van der Waals surface area contributed by atoms with Crippen molar-refractivity contribution in [2.75, 3.05) is 11.9 Å². The second-order valence-electron chi connectivity index (χ2n) is 2.87. The number of benzene rings is 1. The van der Waals surface area contributed by atoms with Gasteiger partial charge in [0.1, 0.15) is 5.82 Å². The highest BCUT2D eigenvalue weighted by molar-refractivity contribution is 6.36. The van der Waals surface area contributed by atoms with Crippen molar-refractivity contribution in [3.05, 3.63) is 40.1 Å². The van der Waals surface area contributed by atoms with Gasteiger partial charge in [0.15, 0.2) is 0 Å². The molecule has 1 aromatic carbocycles. The number of nitrogens with one attached hydrogen (secondary N) is 1. The molecule has 0 saturated heterocycles. The maximum atomic E-state index is 13.1. The van der Waals surface area contributed by atoms with Crippen LogP contribution in [0.15, 0.2) is 28.8 Å². The van der Waals surface area contributed by atoms with E-state index in [4.69, 9.17) is 23.2 Å². The van der Waals surface area contributed by atoms with Crippen LogP contribution in [0.4, 0.5) is 10.1 Å². The van der Waals surface area contributed by atoms with Crippen LogP contribution in [0.3, 0.4) is 0 Å². The first-order valence-corrected chi connectivity index (χ1v) is 4.89. The normalized spacial score (nSPS) is 11.6. The van der Waals surface area contributed by atoms with Crippen molar-refractivity contribution in [3.63, 3.8) is 0 Å². The van der Waals surface area contributed by atoms with Gasteiger partial charge in [-0.2, -0.15) is 0 Å². The molecule has 0 fully saturated rings. The Balaban J connectivity index is 2.64. The predicted molar refractivity (Wildman–Crippen MR) is 59.4 cm³/mol. The number of halogens is 3. The Labute approximate surface area is 92.5 Å². The Morgan fingerprint density at radius 1 is 1.57 bits per heavy atom. The Hall–Kier alpha value is -0.730. The van der Waals surface area contributed by atoms with Gasteiger partial charge < -0.3 is 5.32 Å². The van der Waals surface area contributed by atoms with E-state index in [1.807, 2.05) is 0 Å². The summed E-state index contributed by atoms with van der Waals surface area (Å²) >= 11 is 11.0. The summed E-state index contributed by atoms with van der Waals surface area (Å²) in [7, 11) is 0. The Bertz CT molecular complexity index is 350. The minimum absolute atomic E-state index is 0.235. The topological polar surface area (TPSA) is 12.0 Å². The van der Waals surface area contributed by atoms with E-state index in [-0.39, 0.29) is 5.82 Å². The van der Waals surface area contributed by atoms with Crippen LogP contribution >= 0.6 is 23.2 Å². The highest BCUT2D eigenvalue weighted by Crippen LogP contribution is 2.14. The number of aryl methyl sites for hydroxylation is 1. The van der Waals surface area contributed by atoms with Gasteiger partial charge in [-0.1, -0.05) is 29.3 Å². The summed E-state index contributed by atoms with van der Waals surface area (Å²) in [6.07, 6.45) is 0. The second-order valence-corrected chi connectivity index (χ2v) is 3.58. The lowest BCUT2D eigenvalue weighted by molar-refractivity contribution is 0.619. The zero-order chi connectivity index (χ0) is 10.6. The lowest BCUT2D eigenvalue weighted by Gasteiger charge is -2.05. The largest absolute Gasteiger partial charge is 0.380 e. The molecule has 1 aromatic rings. The molecule has 4 heteroatoms. The molecule has 1 nitrogen and oxygen atoms in total. The van der Waals surface area contributed by atoms with Gasteiger partial charge in [0.2, 0.25) is 0 Å². The minimum atomic E-state index is -0.235. The van der Waals surface area contributed by atoms with Gasteiger partial charge >= 0.3 is 0 Å². The third-order valence-electron chi connectivity index (χ3n) is 1.75. The number of hydrogen-bond donors (Lipinski definition) is 1. The van der Waals surface area contributed by atoms with E-state index in [0.717, 1.165) is 0 Å². The maximum absolute atomic E-state index is 13.1. The van der Waals surface area contributed by atoms with Crippen LogP contribution in [-0.4, -0.2) is 6.54 Å². The molecule has 0 aliphatic carbocycles. The van der Waals surface area contributed by atoms with Crippen LogP contribution < -0.4 is 5.32 Å². The molecule has 0 aliphatic rings. The van der Waals surface area contributed by atoms with Crippen molar-refractivity contribution in [2.24, 2.45) is 0 Å². The number of rotatable bonds is 3. The van der Waals surface area contributed by atoms with Gasteiger partial charge in [0, 0.05) is 16.3 Å². The molecule has 0 spiro atoms. The fourth-order valence-corrected chi connectivity index (χ4v) is 1.07. The third-order valence-corrected chi connectivity index (χ3v) is 2.37. The van der Waals surface area contributed by atoms with Crippen molar-refractivity contribution in [1.82, 2.24) is 0 Å². The summed E-state index contributed by atoms with van der Waals surface area (Å²) in [6.45, 7) is 2.11. The fourth-order valence-electron chi connectivity index (χ4n) is 0.928. The van der Waals surface area contributed by atoms with Crippen LogP contribution in [0.25, 0.3) is 0 Å². The second kappa shape index (κ2) is 5.23. The summed E-state index contributed by atoms with van der Waals surface area (Å²) in [5, 5.41) is 3.42. The van der Waals surface area contributed by atoms with E-state index in [0.29, 0.717) is 22.8 Å². The number of hydrogen-bond acceptors (Lipinski definition) is 1. The van der Waals surface area contributed by atoms with Gasteiger partial charge in [-0.3, -0.25) is 0 Å². The van der Waals surface area contributed by atoms with Crippen LogP contribution in [0.2, 0.25) is 0 Å². The van der Waals surface area contributed by atoms with E-state index in [9.17, 15) is 4.39 Å². The van der Waals surface area contributed by atoms with Crippen LogP contribution in [0, 0.1) is 12.7 Å². The summed E-state index contributed by atoms with van der Waals surface area (Å²) in [6, 6.07) is 4.92. The van der Waals surface area contributed by atoms with Gasteiger partial charge in [-0.15, -0.1) is 0 Å². The Kier molecular flexibility index (Phi) is 4.23. The monoisotopic (exact) mass is 233 g/mol. The molecule has 0 radical (unpaired) electrons. The first-order chi connectivity index (χ1) is 6.63. The summed E-state index contributed by atoms with van der Waals surface area (Å²) in [5.41, 5.74) is 2.58. The van der Waals surface area contributed by atoms with Gasteiger partial charge in [0.25, 0.3) is 0 Å². The molecule has 0 aliphatic heterocycles. The molecule has 1 N–H and O–H groups in total. The average molecular weight is 234 g/mol. The minimum Gasteiger partial charge on any atom is -0.380 e. The molecule has 1 rings (SSSR count). The van der Waals surface area contributed by atoms with E-state index in [1.54, 1.807) is 19.1 Å². The summed E-state index contributed by atoms with van der Waals surface area (Å²) < 4.78 is 13.1. The van der Waals surface area contributed by atoms with Gasteiger partial charge in [-0.05, 0) is 24.6 Å². The van der Waals surface area contributed by atoms with Crippen LogP contribution in [0.1, 0.15) is 5.56 Å². The first kappa shape index (κ1) is 11.3. The molecule has 0 bridgehead atoms. The molecular weight excluding hydrogens is 224 g/mol. The van der Waals surface area contributed by atoms with E-state index in [2.05, 4.69) is 5.32 Å². The summed E-state index contributed by atoms with van der Waals surface area (Å²) in [5.74, 6) is -0.235. The Morgan fingerprint density at radius 3 is 2.86 bits per heavy atom. The molecule has 0 heterocycles. The smallest absolute Gasteiger partial charge is 0.128 e. The zero-order valence-electron chi connectivity index (χ0n) is 7.65. The van der Waals surface area contributed by atoms with Crippen molar-refractivity contribution < 1.29 is 4.39 Å². The quantitative estimate of drug-likeness (QED) is 0.837. The SMILES string of the molecule is Cc1ccc(NCC(Cl)=CCl)cc1F. The zero-order valence-corrected chi connectivity index (χ0v) is 9.16. The lowest BCUT2D eigenvalue weighted by atomic mass is 10.2. The lowest BCUT2D eigenvalue weighted by Crippen LogP contribution is -2.01. The van der Waals surface area contributed by atoms with Crippen molar-refractivity contribution in [1.29, 1.82) is 0 Å². The standard InChI is InChI=1S/C10H10Cl2FN/c1-7-2-3-9(4-10(7)13)14-6-8(12)5-11/h2-5,14H,6H2,1H3. The van der Waals surface area contributed by atoms with Crippen molar-refractivity contribution >= 4 is 28.9 Å². The highest BCUT2D eigenvalue weighted by Gasteiger charge is 1.99. The van der Waals surface area contributed by atoms with Crippen molar-refractivity contribution in [3.8, 4) is 0 Å². The summed E-state index contributed by atoms with van der Waals surface area (Å²) in [4.78, 5) is 0. The average Bonchev–Trinajstić information content (AvgIpc) is 2.19. The molecule has 0 saturated carbocycles. The van der Waals surface area contributed by atoms with E-state index >= 15 is 0 Å². The van der Waals surface area contributed by atoms with Gasteiger partial charge in [0.05, 0.1) is 6.54 Å². The molecule has 0 atom stereocenters. The maximum Gasteiger partial charge on any atom is 0.128 e. The predicted octanol–water partition coefficient (Wildman–Crippen LogP) is 3.87. The van der Waals surface area contributed by atoms with Crippen LogP contribution in [-0.2, 0) is 0 Å². The van der Waals surface area contributed by atoms with E-state index < -0.39 is 0 Å². The van der Waals surface area contributed by atoms with Gasteiger partial charge in [-0.25, -0.2) is 4.39 Å². The van der Waals surface area contributed by atoms with Crippen LogP contribution in [0.5, 0.6) is 0 Å². The molecule has 0 unspecified atom stereocenters. The molecule has 0 amide bonds. The number of anilines is 1. The highest BCUT2D eigenvalue weighted by atomic mass is 35.5. The fraction of sp³-hybridized carbons (Fsp3) is 0.200. The molecule has 0 aromatic heterocycles. The first-order valence-electron chi connectivity index (χ1n) is 4.08.